The minimum atomic E-state index is -4.80. The zero-order valence-electron chi connectivity index (χ0n) is 17.6. The van der Waals surface area contributed by atoms with Crippen LogP contribution in [-0.2, 0) is 5.41 Å². The summed E-state index contributed by atoms with van der Waals surface area (Å²) in [6.07, 6.45) is -3.32. The highest BCUT2D eigenvalue weighted by molar-refractivity contribution is 6.00. The predicted octanol–water partition coefficient (Wildman–Crippen LogP) is 6.22. The second-order valence-electron chi connectivity index (χ2n) is 7.34. The van der Waals surface area contributed by atoms with E-state index < -0.39 is 23.6 Å². The molecule has 0 aliphatic heterocycles. The van der Waals surface area contributed by atoms with Crippen molar-refractivity contribution in [1.29, 1.82) is 5.26 Å². The molecule has 0 radical (unpaired) electrons. The van der Waals surface area contributed by atoms with Crippen molar-refractivity contribution in [2.75, 3.05) is 10.6 Å². The Bertz CT molecular complexity index is 1170. The van der Waals surface area contributed by atoms with E-state index in [4.69, 9.17) is 4.74 Å². The molecule has 0 atom stereocenters. The van der Waals surface area contributed by atoms with Gasteiger partial charge in [-0.1, -0.05) is 18.2 Å². The molecule has 10 heteroatoms. The molecule has 0 aliphatic carbocycles. The Morgan fingerprint density at radius 3 is 2.36 bits per heavy atom. The van der Waals surface area contributed by atoms with Gasteiger partial charge in [-0.2, -0.15) is 5.26 Å². The molecule has 0 unspecified atom stereocenters. The zero-order chi connectivity index (χ0) is 24.1. The van der Waals surface area contributed by atoms with Gasteiger partial charge in [0.1, 0.15) is 17.2 Å². The summed E-state index contributed by atoms with van der Waals surface area (Å²) in [5.41, 5.74) is 0.319. The predicted molar refractivity (Wildman–Crippen MR) is 115 cm³/mol. The van der Waals surface area contributed by atoms with Crippen LogP contribution >= 0.6 is 0 Å². The molecule has 2 amide bonds. The number of alkyl halides is 3. The van der Waals surface area contributed by atoms with Crippen LogP contribution in [0.1, 0.15) is 19.4 Å². The van der Waals surface area contributed by atoms with E-state index in [0.717, 1.165) is 12.1 Å². The summed E-state index contributed by atoms with van der Waals surface area (Å²) in [5, 5.41) is 14.6. The van der Waals surface area contributed by atoms with E-state index in [0.29, 0.717) is 11.3 Å². The highest BCUT2D eigenvalue weighted by Crippen LogP contribution is 2.35. The van der Waals surface area contributed by atoms with Gasteiger partial charge in [0.25, 0.3) is 0 Å². The summed E-state index contributed by atoms with van der Waals surface area (Å²) in [6.45, 7) is 3.51. The van der Waals surface area contributed by atoms with E-state index in [1.165, 1.54) is 18.3 Å². The van der Waals surface area contributed by atoms with Crippen molar-refractivity contribution in [2.45, 2.75) is 25.6 Å². The summed E-state index contributed by atoms with van der Waals surface area (Å²) in [4.78, 5) is 16.6. The third kappa shape index (κ3) is 6.36. The molecule has 7 nitrogen and oxygen atoms in total. The summed E-state index contributed by atoms with van der Waals surface area (Å²) in [7, 11) is 0. The van der Waals surface area contributed by atoms with E-state index in [9.17, 15) is 23.2 Å². The maximum absolute atomic E-state index is 12.4. The molecule has 3 rings (SSSR count). The molecule has 1 heterocycles. The Morgan fingerprint density at radius 2 is 1.70 bits per heavy atom. The number of amides is 2. The van der Waals surface area contributed by atoms with Gasteiger partial charge in [-0.3, -0.25) is 0 Å². The normalized spacial score (nSPS) is 11.3. The van der Waals surface area contributed by atoms with E-state index in [1.54, 1.807) is 50.2 Å². The lowest BCUT2D eigenvalue weighted by Crippen LogP contribution is -2.20. The van der Waals surface area contributed by atoms with Crippen molar-refractivity contribution in [3.8, 4) is 23.4 Å². The number of hydrogen-bond donors (Lipinski definition) is 2. The summed E-state index contributed by atoms with van der Waals surface area (Å²) in [5.74, 6) is 0.101. The van der Waals surface area contributed by atoms with E-state index >= 15 is 0 Å². The number of anilines is 2. The summed E-state index contributed by atoms with van der Waals surface area (Å²) < 4.78 is 46.5. The van der Waals surface area contributed by atoms with Crippen molar-refractivity contribution < 1.29 is 27.4 Å². The van der Waals surface area contributed by atoms with Gasteiger partial charge in [0.15, 0.2) is 0 Å². The van der Waals surface area contributed by atoms with Crippen molar-refractivity contribution in [3.05, 3.63) is 72.4 Å². The quantitative estimate of drug-likeness (QED) is 0.459. The maximum atomic E-state index is 12.4. The number of carbonyl (C=O) groups excluding carboxylic acids is 1. The monoisotopic (exact) mass is 456 g/mol. The Hall–Kier alpha value is -4.26. The molecule has 2 N–H and O–H groups in total. The van der Waals surface area contributed by atoms with Crippen LogP contribution in [0.4, 0.5) is 29.3 Å². The third-order valence-electron chi connectivity index (χ3n) is 4.41. The topological polar surface area (TPSA) is 96.3 Å². The molecule has 33 heavy (non-hydrogen) atoms. The van der Waals surface area contributed by atoms with Crippen molar-refractivity contribution in [3.63, 3.8) is 0 Å². The number of carbonyl (C=O) groups is 1. The molecular weight excluding hydrogens is 437 g/mol. The van der Waals surface area contributed by atoms with Crippen molar-refractivity contribution >= 4 is 17.4 Å². The second-order valence-corrected chi connectivity index (χ2v) is 7.34. The minimum absolute atomic E-state index is 0.0998. The van der Waals surface area contributed by atoms with Crippen molar-refractivity contribution in [1.82, 2.24) is 4.98 Å². The van der Waals surface area contributed by atoms with Crippen molar-refractivity contribution in [2.24, 2.45) is 0 Å². The van der Waals surface area contributed by atoms with Crippen LogP contribution in [0.15, 0.2) is 66.9 Å². The van der Waals surface area contributed by atoms with E-state index in [2.05, 4.69) is 26.4 Å². The van der Waals surface area contributed by atoms with Gasteiger partial charge in [0.2, 0.25) is 5.88 Å². The molecule has 0 fully saturated rings. The van der Waals surface area contributed by atoms with Gasteiger partial charge < -0.3 is 20.1 Å². The standard InChI is InChI=1S/C23H19F3N4O3/c1-22(2,14-27)17-6-3-4-8-19(17)32-20-18(7-5-13-28-20)30-21(31)29-15-9-11-16(12-10-15)33-23(24,25)26/h3-13H,1-2H3,(H2,29,30,31). The van der Waals surface area contributed by atoms with E-state index in [-0.39, 0.29) is 17.3 Å². The molecule has 1 aromatic heterocycles. The Kier molecular flexibility index (Phi) is 6.72. The smallest absolute Gasteiger partial charge is 0.437 e. The molecule has 0 spiro atoms. The lowest BCUT2D eigenvalue weighted by atomic mass is 9.86. The van der Waals surface area contributed by atoms with E-state index in [1.807, 2.05) is 0 Å². The fourth-order valence-electron chi connectivity index (χ4n) is 2.83. The third-order valence-corrected chi connectivity index (χ3v) is 4.41. The zero-order valence-corrected chi connectivity index (χ0v) is 17.6. The maximum Gasteiger partial charge on any atom is 0.573 e. The lowest BCUT2D eigenvalue weighted by molar-refractivity contribution is -0.274. The van der Waals surface area contributed by atoms with Gasteiger partial charge in [0, 0.05) is 17.4 Å². The molecular formula is C23H19F3N4O3. The number of aromatic nitrogens is 1. The van der Waals surface area contributed by atoms with Crippen LogP contribution in [0, 0.1) is 11.3 Å². The first kappa shape index (κ1) is 23.4. The van der Waals surface area contributed by atoms with Crippen LogP contribution in [0.3, 0.4) is 0 Å². The molecule has 170 valence electrons. The number of urea groups is 1. The van der Waals surface area contributed by atoms with Crippen LogP contribution in [0.25, 0.3) is 0 Å². The average Bonchev–Trinajstić information content (AvgIpc) is 2.76. The number of halogens is 3. The largest absolute Gasteiger partial charge is 0.573 e. The first-order valence-electron chi connectivity index (χ1n) is 9.65. The second kappa shape index (κ2) is 9.48. The molecule has 3 aromatic rings. The molecule has 0 aliphatic rings. The van der Waals surface area contributed by atoms with Gasteiger partial charge in [-0.15, -0.1) is 13.2 Å². The number of hydrogen-bond acceptors (Lipinski definition) is 5. The van der Waals surface area contributed by atoms with Gasteiger partial charge in [0.05, 0.1) is 11.5 Å². The number of rotatable bonds is 6. The van der Waals surface area contributed by atoms with Gasteiger partial charge in [-0.25, -0.2) is 9.78 Å². The number of nitrogens with one attached hydrogen (secondary N) is 2. The molecule has 2 aromatic carbocycles. The number of para-hydroxylation sites is 1. The summed E-state index contributed by atoms with van der Waals surface area (Å²) in [6, 6.07) is 16.4. The van der Waals surface area contributed by atoms with Crippen LogP contribution < -0.4 is 20.1 Å². The fraction of sp³-hybridized carbons (Fsp3) is 0.174. The first-order chi connectivity index (χ1) is 15.6. The Balaban J connectivity index is 1.73. The molecule has 0 bridgehead atoms. The van der Waals surface area contributed by atoms with Crippen LogP contribution in [-0.4, -0.2) is 17.4 Å². The highest BCUT2D eigenvalue weighted by atomic mass is 19.4. The number of nitriles is 1. The Morgan fingerprint density at radius 1 is 1.00 bits per heavy atom. The summed E-state index contributed by atoms with van der Waals surface area (Å²) >= 11 is 0. The van der Waals surface area contributed by atoms with Gasteiger partial charge >= 0.3 is 12.4 Å². The average molecular weight is 456 g/mol. The molecule has 0 saturated heterocycles. The SMILES string of the molecule is CC(C)(C#N)c1ccccc1Oc1ncccc1NC(=O)Nc1ccc(OC(F)(F)F)cc1. The van der Waals surface area contributed by atoms with Gasteiger partial charge in [-0.05, 0) is 56.3 Å². The first-order valence-corrected chi connectivity index (χ1v) is 9.65. The lowest BCUT2D eigenvalue weighted by Gasteiger charge is -2.20. The number of nitrogens with zero attached hydrogens (tertiary/aromatic N) is 2. The fourth-order valence-corrected chi connectivity index (χ4v) is 2.83. The number of benzene rings is 2. The number of ether oxygens (including phenoxy) is 2. The minimum Gasteiger partial charge on any atom is -0.437 e. The highest BCUT2D eigenvalue weighted by Gasteiger charge is 2.31. The molecule has 0 saturated carbocycles. The van der Waals surface area contributed by atoms with Crippen LogP contribution in [0.2, 0.25) is 0 Å². The van der Waals surface area contributed by atoms with Crippen LogP contribution in [0.5, 0.6) is 17.4 Å². The Labute approximate surface area is 187 Å². The number of pyridine rings is 1.